The molecule has 2 aliphatic carbocycles. The molecule has 3 rings (SSSR count). The Kier molecular flexibility index (Phi) is 2.33. The summed E-state index contributed by atoms with van der Waals surface area (Å²) in [7, 11) is 0. The highest BCUT2D eigenvalue weighted by molar-refractivity contribution is 5.45. The van der Waals surface area contributed by atoms with E-state index < -0.39 is 0 Å². The van der Waals surface area contributed by atoms with E-state index in [4.69, 9.17) is 0 Å². The number of anilines is 1. The van der Waals surface area contributed by atoms with Crippen molar-refractivity contribution >= 4 is 5.82 Å². The zero-order valence-electron chi connectivity index (χ0n) is 8.87. The zero-order chi connectivity index (χ0) is 10.1. The predicted molar refractivity (Wildman–Crippen MR) is 60.7 cm³/mol. The number of hydrogen-bond donors (Lipinski definition) is 2. The number of pyridine rings is 1. The van der Waals surface area contributed by atoms with Gasteiger partial charge in [-0.25, -0.2) is 4.98 Å². The fourth-order valence-corrected chi connectivity index (χ4v) is 1.67. The summed E-state index contributed by atoms with van der Waals surface area (Å²) in [6.07, 6.45) is 7.14. The summed E-state index contributed by atoms with van der Waals surface area (Å²) in [4.78, 5) is 4.41. The lowest BCUT2D eigenvalue weighted by atomic mass is 10.2. The molecule has 0 bridgehead atoms. The first-order valence-corrected chi connectivity index (χ1v) is 5.85. The average Bonchev–Trinajstić information content (AvgIpc) is 3.12. The van der Waals surface area contributed by atoms with Gasteiger partial charge in [0.1, 0.15) is 5.82 Å². The molecule has 0 aromatic carbocycles. The summed E-state index contributed by atoms with van der Waals surface area (Å²) in [5, 5.41) is 7.00. The van der Waals surface area contributed by atoms with Crippen LogP contribution in [0.3, 0.4) is 0 Å². The number of nitrogens with one attached hydrogen (secondary N) is 2. The molecule has 2 N–H and O–H groups in total. The molecule has 1 aromatic rings. The molecular weight excluding hydrogens is 186 g/mol. The first-order valence-electron chi connectivity index (χ1n) is 5.85. The Morgan fingerprint density at radius 1 is 1.20 bits per heavy atom. The van der Waals surface area contributed by atoms with Gasteiger partial charge in [0.15, 0.2) is 0 Å². The summed E-state index contributed by atoms with van der Waals surface area (Å²) in [5.74, 6) is 1.08. The molecule has 1 aromatic heterocycles. The minimum Gasteiger partial charge on any atom is -0.367 e. The highest BCUT2D eigenvalue weighted by Gasteiger charge is 2.23. The normalized spacial score (nSPS) is 20.3. The number of rotatable bonds is 5. The van der Waals surface area contributed by atoms with Crippen molar-refractivity contribution in [3.63, 3.8) is 0 Å². The van der Waals surface area contributed by atoms with E-state index in [9.17, 15) is 0 Å². The molecule has 2 aliphatic rings. The summed E-state index contributed by atoms with van der Waals surface area (Å²) >= 11 is 0. The molecule has 3 heteroatoms. The van der Waals surface area contributed by atoms with Crippen molar-refractivity contribution in [3.05, 3.63) is 23.9 Å². The minimum atomic E-state index is 0.680. The Hall–Kier alpha value is -1.09. The lowest BCUT2D eigenvalue weighted by molar-refractivity contribution is 0.686. The highest BCUT2D eigenvalue weighted by atomic mass is 15.0. The van der Waals surface area contributed by atoms with Gasteiger partial charge in [0.25, 0.3) is 0 Å². The maximum absolute atomic E-state index is 4.41. The van der Waals surface area contributed by atoms with Crippen molar-refractivity contribution in [2.75, 3.05) is 5.32 Å². The van der Waals surface area contributed by atoms with E-state index in [0.29, 0.717) is 6.04 Å². The van der Waals surface area contributed by atoms with Gasteiger partial charge in [-0.15, -0.1) is 0 Å². The first-order chi connectivity index (χ1) is 7.42. The Balaban J connectivity index is 1.66. The van der Waals surface area contributed by atoms with Crippen LogP contribution in [0.2, 0.25) is 0 Å². The molecule has 0 atom stereocenters. The van der Waals surface area contributed by atoms with Gasteiger partial charge in [0, 0.05) is 30.4 Å². The third-order valence-electron chi connectivity index (χ3n) is 2.97. The molecular formula is C12H17N3. The number of nitrogens with zero attached hydrogens (tertiary/aromatic N) is 1. The van der Waals surface area contributed by atoms with E-state index in [1.54, 1.807) is 0 Å². The van der Waals surface area contributed by atoms with Crippen LogP contribution in [0.4, 0.5) is 5.82 Å². The summed E-state index contributed by atoms with van der Waals surface area (Å²) in [6, 6.07) is 5.62. The average molecular weight is 203 g/mol. The topological polar surface area (TPSA) is 37.0 Å². The molecule has 0 radical (unpaired) electrons. The molecule has 0 saturated heterocycles. The second kappa shape index (κ2) is 3.81. The van der Waals surface area contributed by atoms with Gasteiger partial charge >= 0.3 is 0 Å². The van der Waals surface area contributed by atoms with E-state index in [1.165, 1.54) is 31.2 Å². The van der Waals surface area contributed by atoms with Gasteiger partial charge < -0.3 is 10.6 Å². The smallest absolute Gasteiger partial charge is 0.130 e. The standard InChI is InChI=1S/C12H17N3/c1-2-9(8-14-10-3-4-10)12(13-7-1)15-11-5-6-11/h1-2,7,10-11,14H,3-6,8H2,(H,13,15). The lowest BCUT2D eigenvalue weighted by Gasteiger charge is -2.10. The van der Waals surface area contributed by atoms with Crippen LogP contribution in [0.5, 0.6) is 0 Å². The molecule has 2 saturated carbocycles. The van der Waals surface area contributed by atoms with Crippen LogP contribution in [0.25, 0.3) is 0 Å². The molecule has 0 aliphatic heterocycles. The van der Waals surface area contributed by atoms with Crippen molar-refractivity contribution in [2.24, 2.45) is 0 Å². The van der Waals surface area contributed by atoms with Crippen LogP contribution in [-0.4, -0.2) is 17.1 Å². The summed E-state index contributed by atoms with van der Waals surface area (Å²) in [6.45, 7) is 0.952. The number of aromatic nitrogens is 1. The van der Waals surface area contributed by atoms with Crippen molar-refractivity contribution in [1.29, 1.82) is 0 Å². The van der Waals surface area contributed by atoms with Gasteiger partial charge in [-0.1, -0.05) is 6.07 Å². The van der Waals surface area contributed by atoms with Gasteiger partial charge in [0.05, 0.1) is 0 Å². The maximum atomic E-state index is 4.41. The third kappa shape index (κ3) is 2.48. The SMILES string of the molecule is c1cnc(NC2CC2)c(CNC2CC2)c1. The lowest BCUT2D eigenvalue weighted by Crippen LogP contribution is -2.17. The van der Waals surface area contributed by atoms with Crippen LogP contribution < -0.4 is 10.6 Å². The second-order valence-corrected chi connectivity index (χ2v) is 4.58. The van der Waals surface area contributed by atoms with Crippen molar-refractivity contribution in [1.82, 2.24) is 10.3 Å². The first kappa shape index (κ1) is 9.16. The predicted octanol–water partition coefficient (Wildman–Crippen LogP) is 1.91. The molecule has 3 nitrogen and oxygen atoms in total. The molecule has 2 fully saturated rings. The molecule has 0 spiro atoms. The van der Waals surface area contributed by atoms with Crippen molar-refractivity contribution in [3.8, 4) is 0 Å². The zero-order valence-corrected chi connectivity index (χ0v) is 8.87. The van der Waals surface area contributed by atoms with Crippen LogP contribution in [0.1, 0.15) is 31.2 Å². The third-order valence-corrected chi connectivity index (χ3v) is 2.97. The molecule has 15 heavy (non-hydrogen) atoms. The van der Waals surface area contributed by atoms with Crippen LogP contribution in [-0.2, 0) is 6.54 Å². The summed E-state index contributed by atoms with van der Waals surface area (Å²) in [5.41, 5.74) is 1.30. The van der Waals surface area contributed by atoms with Crippen LogP contribution in [0, 0.1) is 0 Å². The fourth-order valence-electron chi connectivity index (χ4n) is 1.67. The largest absolute Gasteiger partial charge is 0.367 e. The fraction of sp³-hybridized carbons (Fsp3) is 0.583. The highest BCUT2D eigenvalue weighted by Crippen LogP contribution is 2.26. The van der Waals surface area contributed by atoms with Crippen molar-refractivity contribution in [2.45, 2.75) is 44.3 Å². The van der Waals surface area contributed by atoms with E-state index in [-0.39, 0.29) is 0 Å². The summed E-state index contributed by atoms with van der Waals surface area (Å²) < 4.78 is 0. The van der Waals surface area contributed by atoms with E-state index in [1.807, 2.05) is 12.3 Å². The van der Waals surface area contributed by atoms with E-state index in [0.717, 1.165) is 18.4 Å². The molecule has 1 heterocycles. The Bertz CT molecular complexity index is 342. The van der Waals surface area contributed by atoms with Gasteiger partial charge in [-0.3, -0.25) is 0 Å². The second-order valence-electron chi connectivity index (χ2n) is 4.58. The van der Waals surface area contributed by atoms with Crippen LogP contribution in [0.15, 0.2) is 18.3 Å². The van der Waals surface area contributed by atoms with E-state index >= 15 is 0 Å². The van der Waals surface area contributed by atoms with E-state index in [2.05, 4.69) is 21.7 Å². The maximum Gasteiger partial charge on any atom is 0.130 e. The number of hydrogen-bond acceptors (Lipinski definition) is 3. The quantitative estimate of drug-likeness (QED) is 0.767. The molecule has 0 amide bonds. The van der Waals surface area contributed by atoms with Crippen LogP contribution >= 0.6 is 0 Å². The van der Waals surface area contributed by atoms with Crippen molar-refractivity contribution < 1.29 is 0 Å². The van der Waals surface area contributed by atoms with Gasteiger partial charge in [0.2, 0.25) is 0 Å². The molecule has 0 unspecified atom stereocenters. The van der Waals surface area contributed by atoms with Gasteiger partial charge in [-0.05, 0) is 31.7 Å². The minimum absolute atomic E-state index is 0.680. The Morgan fingerprint density at radius 3 is 2.73 bits per heavy atom. The monoisotopic (exact) mass is 203 g/mol. The molecule has 80 valence electrons. The Labute approximate surface area is 90.3 Å². The van der Waals surface area contributed by atoms with Gasteiger partial charge in [-0.2, -0.15) is 0 Å². The Morgan fingerprint density at radius 2 is 2.00 bits per heavy atom.